The fourth-order valence-electron chi connectivity index (χ4n) is 11.0. The number of aryl methyl sites for hydroxylation is 1. The maximum absolute atomic E-state index is 15.5. The van der Waals surface area contributed by atoms with Gasteiger partial charge in [0, 0.05) is 69.2 Å². The molecule has 7 atom stereocenters. The van der Waals surface area contributed by atoms with Crippen LogP contribution in [0.4, 0.5) is 5.69 Å². The summed E-state index contributed by atoms with van der Waals surface area (Å²) in [4.78, 5) is 135. The predicted octanol–water partition coefficient (Wildman–Crippen LogP) is 6.81. The number of carbonyl (C=O) groups is 7. The molecule has 9 aromatic rings. The highest BCUT2D eigenvalue weighted by atomic mass is 32.1. The van der Waals surface area contributed by atoms with E-state index in [0.717, 1.165) is 71.3 Å². The number of fused-ring (bicyclic) bond motifs is 16. The van der Waals surface area contributed by atoms with Gasteiger partial charge in [0.15, 0.2) is 0 Å². The Balaban J connectivity index is 0.945. The molecular weight excluding hydrogens is 1280 g/mol. The van der Waals surface area contributed by atoms with Gasteiger partial charge in [0.25, 0.3) is 23.6 Å². The van der Waals surface area contributed by atoms with Gasteiger partial charge in [-0.05, 0) is 68.2 Å². The van der Waals surface area contributed by atoms with E-state index in [9.17, 15) is 44.1 Å². The van der Waals surface area contributed by atoms with Crippen LogP contribution in [0.3, 0.4) is 0 Å². The van der Waals surface area contributed by atoms with Gasteiger partial charge >= 0.3 is 0 Å². The number of nitrogens with one attached hydrogen (secondary N) is 4. The molecule has 12 rings (SSSR count). The van der Waals surface area contributed by atoms with E-state index in [1.807, 2.05) is 0 Å². The number of amides is 7. The lowest BCUT2D eigenvalue weighted by molar-refractivity contribution is -0.134. The predicted molar refractivity (Wildman–Crippen MR) is 343 cm³/mol. The minimum atomic E-state index is -1.44. The number of nitrogens with zero attached hydrogens (tertiary/aromatic N) is 9. The van der Waals surface area contributed by atoms with Crippen LogP contribution in [0.1, 0.15) is 130 Å². The minimum Gasteiger partial charge on any atom is -0.506 e. The SMILES string of the molecule is Cc1sc2nc1C(=O)N[C@@H]([C@H](O)c1ccccc1)c1nc(cs1)C(=O)N[C@@H](Cc1ccc(O)c(NC(=O)CCN3CCCC3)c1)C(=O)N1C[C@H](O)[C@H](C)[C@H]1c1nc(cs1)-c1nc(cs1)-c1nc(-c3nc(C(N)=O)cs3)ccc1-c1nc(cs1)C(=O)N[C@H]2CC(N)=O. The van der Waals surface area contributed by atoms with Crippen LogP contribution < -0.4 is 32.7 Å². The number of anilines is 1. The first-order chi connectivity index (χ1) is 43.8. The molecule has 0 aliphatic carbocycles. The van der Waals surface area contributed by atoms with Gasteiger partial charge in [-0.2, -0.15) is 0 Å². The van der Waals surface area contributed by atoms with Crippen LogP contribution in [0.25, 0.3) is 43.4 Å². The topological polar surface area (TPSA) is 377 Å². The number of carbonyl (C=O) groups excluding carboxylic acids is 7. The standard InChI is InChI=1S/C60H57N15O10S6/c1-27-42(77)21-75-48(27)59-71-40(26-90-59)56-67-36(22-87-56)46-31(11-12-32(64-46)55-68-37(23-88-55)50(62)81)54-69-38(24-86-54)51(82)65-34(20-43(61)78)57-73-45(28(2)91-57)53(84)72-47(49(80)30-8-4-3-5-9-30)58-70-39(25-89-58)52(83)66-35(60(75)85)19-29-10-13-41(76)33(18-29)63-44(79)14-17-74-15-6-7-16-74/h3-5,8-13,18,22-27,34-35,42,47-49,76-77,80H,6-7,14-17,19-21H2,1-2H3,(H2,61,78)(H2,62,81)(H,63,79)(H,65,82)(H,66,83)(H,72,84)/t27-,34-,35-,42-,47-,48-,49+/m0/s1. The van der Waals surface area contributed by atoms with Crippen molar-refractivity contribution in [2.75, 3.05) is 31.5 Å². The third-order valence-corrected chi connectivity index (χ3v) is 21.3. The Kier molecular flexibility index (Phi) is 18.3. The number of likely N-dealkylation sites (tertiary alicyclic amines) is 1. The van der Waals surface area contributed by atoms with Gasteiger partial charge < -0.3 is 57.9 Å². The van der Waals surface area contributed by atoms with E-state index < -0.39 is 84.2 Å². The molecule has 0 radical (unpaired) electrons. The Bertz CT molecular complexity index is 4270. The van der Waals surface area contributed by atoms with E-state index in [2.05, 4.69) is 41.1 Å². The summed E-state index contributed by atoms with van der Waals surface area (Å²) < 4.78 is 0. The summed E-state index contributed by atoms with van der Waals surface area (Å²) in [5, 5.41) is 56.1. The monoisotopic (exact) mass is 1340 g/mol. The summed E-state index contributed by atoms with van der Waals surface area (Å²) >= 11 is 6.80. The normalized spacial score (nSPS) is 20.1. The summed E-state index contributed by atoms with van der Waals surface area (Å²) in [6, 6.07) is 11.8. The molecule has 91 heavy (non-hydrogen) atoms. The van der Waals surface area contributed by atoms with E-state index in [-0.39, 0.29) is 69.5 Å². The molecule has 10 bridgehead atoms. The zero-order chi connectivity index (χ0) is 63.8. The van der Waals surface area contributed by atoms with Crippen molar-refractivity contribution >= 4 is 115 Å². The number of phenolic OH excluding ortho intramolecular Hbond substituents is 1. The molecule has 2 saturated heterocycles. The third kappa shape index (κ3) is 13.6. The minimum absolute atomic E-state index is 0.0302. The number of rotatable bonds is 12. The molecule has 10 heterocycles. The molecule has 25 nitrogen and oxygen atoms in total. The van der Waals surface area contributed by atoms with E-state index in [1.165, 1.54) is 49.8 Å². The molecule has 7 aromatic heterocycles. The van der Waals surface area contributed by atoms with Crippen molar-refractivity contribution in [3.63, 3.8) is 0 Å². The molecule has 3 aliphatic heterocycles. The molecule has 0 saturated carbocycles. The van der Waals surface area contributed by atoms with Crippen LogP contribution in [0.2, 0.25) is 0 Å². The van der Waals surface area contributed by atoms with E-state index in [1.54, 1.807) is 79.2 Å². The van der Waals surface area contributed by atoms with Crippen molar-refractivity contribution in [1.29, 1.82) is 0 Å². The van der Waals surface area contributed by atoms with Crippen LogP contribution >= 0.6 is 68.0 Å². The van der Waals surface area contributed by atoms with Crippen LogP contribution in [-0.2, 0) is 20.8 Å². The number of aliphatic hydroxyl groups excluding tert-OH is 2. The van der Waals surface area contributed by atoms with Crippen molar-refractivity contribution in [3.8, 4) is 49.1 Å². The number of primary amides is 2. The summed E-state index contributed by atoms with van der Waals surface area (Å²) in [7, 11) is 0. The Morgan fingerprint density at radius 2 is 1.37 bits per heavy atom. The molecule has 3 aliphatic rings. The maximum Gasteiger partial charge on any atom is 0.271 e. The molecule has 468 valence electrons. The Labute approximate surface area is 542 Å². The van der Waals surface area contributed by atoms with Crippen LogP contribution in [0, 0.1) is 12.8 Å². The highest BCUT2D eigenvalue weighted by molar-refractivity contribution is 7.15. The molecule has 0 unspecified atom stereocenters. The lowest BCUT2D eigenvalue weighted by Crippen LogP contribution is -2.50. The Morgan fingerprint density at radius 3 is 2.13 bits per heavy atom. The van der Waals surface area contributed by atoms with Gasteiger partial charge in [-0.1, -0.05) is 43.3 Å². The first-order valence-electron chi connectivity index (χ1n) is 28.7. The Hall–Kier alpha value is -8.66. The van der Waals surface area contributed by atoms with E-state index in [0.29, 0.717) is 70.9 Å². The second-order valence-corrected chi connectivity index (χ2v) is 27.6. The van der Waals surface area contributed by atoms with E-state index >= 15 is 4.79 Å². The second-order valence-electron chi connectivity index (χ2n) is 22.0. The molecule has 31 heteroatoms. The summed E-state index contributed by atoms with van der Waals surface area (Å²) in [5.74, 6) is -5.45. The summed E-state index contributed by atoms with van der Waals surface area (Å²) in [6.45, 7) is 5.63. The van der Waals surface area contributed by atoms with Crippen LogP contribution in [-0.4, -0.2) is 140 Å². The van der Waals surface area contributed by atoms with Crippen molar-refractivity contribution in [2.24, 2.45) is 17.4 Å². The average Bonchev–Trinajstić information content (AvgIpc) is 1.68. The van der Waals surface area contributed by atoms with Crippen LogP contribution in [0.5, 0.6) is 5.75 Å². The fourth-order valence-corrected chi connectivity index (χ4v) is 16.3. The van der Waals surface area contributed by atoms with Gasteiger partial charge in [0.2, 0.25) is 17.7 Å². The maximum atomic E-state index is 15.5. The largest absolute Gasteiger partial charge is 0.506 e. The van der Waals surface area contributed by atoms with Gasteiger partial charge in [-0.3, -0.25) is 33.6 Å². The molecule has 0 spiro atoms. The number of aromatic nitrogens is 7. The van der Waals surface area contributed by atoms with Crippen LogP contribution in [0.15, 0.2) is 87.6 Å². The van der Waals surface area contributed by atoms with Crippen molar-refractivity contribution in [2.45, 2.75) is 82.3 Å². The van der Waals surface area contributed by atoms with Crippen molar-refractivity contribution in [1.82, 2.24) is 60.6 Å². The number of thiazole rings is 6. The molecule has 2 fully saturated rings. The molecule has 2 aromatic carbocycles. The lowest BCUT2D eigenvalue weighted by Gasteiger charge is -2.29. The van der Waals surface area contributed by atoms with Crippen molar-refractivity contribution in [3.05, 3.63) is 141 Å². The number of aromatic hydroxyl groups is 1. The zero-order valence-electron chi connectivity index (χ0n) is 48.4. The number of pyridine rings is 1. The number of hydrogen-bond acceptors (Lipinski definition) is 24. The first-order valence-corrected chi connectivity index (χ1v) is 33.9. The van der Waals surface area contributed by atoms with E-state index in [4.69, 9.17) is 31.4 Å². The van der Waals surface area contributed by atoms with Crippen molar-refractivity contribution < 1.29 is 48.9 Å². The zero-order valence-corrected chi connectivity index (χ0v) is 53.3. The second kappa shape index (κ2) is 26.7. The lowest BCUT2D eigenvalue weighted by atomic mass is 10.00. The highest BCUT2D eigenvalue weighted by Gasteiger charge is 2.46. The summed E-state index contributed by atoms with van der Waals surface area (Å²) in [6.07, 6.45) is -0.754. The average molecular weight is 1340 g/mol. The van der Waals surface area contributed by atoms with Gasteiger partial charge in [-0.25, -0.2) is 34.9 Å². The molecular formula is C60H57N15O10S6. The number of nitrogens with two attached hydrogens (primary N) is 2. The Morgan fingerprint density at radius 1 is 0.703 bits per heavy atom. The first kappa shape index (κ1) is 62.5. The fraction of sp³-hybridized carbons (Fsp3) is 0.300. The summed E-state index contributed by atoms with van der Waals surface area (Å²) in [5.41, 5.74) is 14.0. The smallest absolute Gasteiger partial charge is 0.271 e. The number of hydrogen-bond donors (Lipinski definition) is 9. The van der Waals surface area contributed by atoms with Gasteiger partial charge in [0.05, 0.1) is 36.0 Å². The number of benzene rings is 2. The number of phenols is 1. The molecule has 11 N–H and O–H groups in total. The number of aliphatic hydroxyl groups is 2. The van der Waals surface area contributed by atoms with Gasteiger partial charge in [0.1, 0.15) is 93.8 Å². The quantitative estimate of drug-likeness (QED) is 0.0567. The highest BCUT2D eigenvalue weighted by Crippen LogP contribution is 2.43. The van der Waals surface area contributed by atoms with Gasteiger partial charge in [-0.15, -0.1) is 68.0 Å². The third-order valence-electron chi connectivity index (χ3n) is 15.7. The molecule has 7 amide bonds.